The molecule has 184 valence electrons. The average Bonchev–Trinajstić information content (AvgIpc) is 2.85. The van der Waals surface area contributed by atoms with Gasteiger partial charge in [-0.15, -0.1) is 0 Å². The van der Waals surface area contributed by atoms with Gasteiger partial charge >= 0.3 is 0 Å². The fraction of sp³-hybridized carbons (Fsp3) is 0.333. The van der Waals surface area contributed by atoms with Gasteiger partial charge in [0.25, 0.3) is 5.91 Å². The molecule has 0 spiro atoms. The van der Waals surface area contributed by atoms with Gasteiger partial charge in [-0.1, -0.05) is 79.2 Å². The molecule has 3 rings (SSSR count). The minimum atomic E-state index is -0.666. The summed E-state index contributed by atoms with van der Waals surface area (Å²) in [5.74, 6) is 0.255. The van der Waals surface area contributed by atoms with E-state index in [1.807, 2.05) is 107 Å². The van der Waals surface area contributed by atoms with Crippen molar-refractivity contribution in [2.45, 2.75) is 59.2 Å². The zero-order chi connectivity index (χ0) is 25.2. The van der Waals surface area contributed by atoms with E-state index in [2.05, 4.69) is 5.32 Å². The van der Waals surface area contributed by atoms with Crippen LogP contribution in [0.3, 0.4) is 0 Å². The molecule has 0 aliphatic rings. The fourth-order valence-electron chi connectivity index (χ4n) is 3.94. The Morgan fingerprint density at radius 1 is 0.886 bits per heavy atom. The van der Waals surface area contributed by atoms with Gasteiger partial charge in [0.2, 0.25) is 5.91 Å². The maximum Gasteiger partial charge on any atom is 0.261 e. The van der Waals surface area contributed by atoms with Gasteiger partial charge in [0.05, 0.1) is 0 Å². The van der Waals surface area contributed by atoms with Gasteiger partial charge in [-0.05, 0) is 56.0 Å². The Kier molecular flexibility index (Phi) is 9.47. The second-order valence-corrected chi connectivity index (χ2v) is 9.14. The number of aryl methyl sites for hydroxylation is 2. The van der Waals surface area contributed by atoms with Crippen molar-refractivity contribution in [3.05, 3.63) is 101 Å². The number of amides is 2. The van der Waals surface area contributed by atoms with Crippen LogP contribution < -0.4 is 10.1 Å². The molecule has 0 heterocycles. The number of nitrogens with one attached hydrogen (secondary N) is 1. The zero-order valence-corrected chi connectivity index (χ0v) is 21.2. The third-order valence-corrected chi connectivity index (χ3v) is 6.06. The van der Waals surface area contributed by atoms with Gasteiger partial charge in [0.15, 0.2) is 6.61 Å². The molecule has 0 aromatic heterocycles. The molecule has 2 amide bonds. The number of hydrogen-bond donors (Lipinski definition) is 1. The first kappa shape index (κ1) is 26.0. The summed E-state index contributed by atoms with van der Waals surface area (Å²) in [6.45, 7) is 8.19. The van der Waals surface area contributed by atoms with Crippen molar-refractivity contribution >= 4 is 11.8 Å². The molecule has 0 saturated heterocycles. The molecule has 3 aromatic carbocycles. The molecule has 0 bridgehead atoms. The molecule has 0 saturated carbocycles. The van der Waals surface area contributed by atoms with Gasteiger partial charge in [-0.25, -0.2) is 0 Å². The maximum atomic E-state index is 13.6. The van der Waals surface area contributed by atoms with E-state index in [1.54, 1.807) is 4.90 Å². The van der Waals surface area contributed by atoms with Gasteiger partial charge in [-0.2, -0.15) is 0 Å². The second kappa shape index (κ2) is 12.7. The molecule has 0 aliphatic heterocycles. The third kappa shape index (κ3) is 7.99. The van der Waals surface area contributed by atoms with E-state index in [1.165, 1.54) is 0 Å². The SMILES string of the molecule is CC[C@@H](C)NC(=O)[C@@H](Cc1ccccc1)N(Cc1cccc(C)c1)C(=O)COc1cccc(C)c1. The summed E-state index contributed by atoms with van der Waals surface area (Å²) in [4.78, 5) is 28.8. The number of carbonyl (C=O) groups excluding carboxylic acids is 2. The van der Waals surface area contributed by atoms with Crippen LogP contribution >= 0.6 is 0 Å². The molecule has 35 heavy (non-hydrogen) atoms. The van der Waals surface area contributed by atoms with Crippen LogP contribution in [0.4, 0.5) is 0 Å². The van der Waals surface area contributed by atoms with Crippen molar-refractivity contribution in [2.75, 3.05) is 6.61 Å². The Morgan fingerprint density at radius 3 is 2.20 bits per heavy atom. The summed E-state index contributed by atoms with van der Waals surface area (Å²) in [7, 11) is 0. The topological polar surface area (TPSA) is 58.6 Å². The predicted molar refractivity (Wildman–Crippen MR) is 140 cm³/mol. The van der Waals surface area contributed by atoms with Crippen molar-refractivity contribution in [3.63, 3.8) is 0 Å². The van der Waals surface area contributed by atoms with E-state index in [9.17, 15) is 9.59 Å². The smallest absolute Gasteiger partial charge is 0.261 e. The van der Waals surface area contributed by atoms with Crippen molar-refractivity contribution in [1.29, 1.82) is 0 Å². The van der Waals surface area contributed by atoms with Gasteiger partial charge in [0.1, 0.15) is 11.8 Å². The maximum absolute atomic E-state index is 13.6. The van der Waals surface area contributed by atoms with Gasteiger partial charge in [0, 0.05) is 19.0 Å². The molecule has 5 heteroatoms. The van der Waals surface area contributed by atoms with Crippen LogP contribution in [0.2, 0.25) is 0 Å². The number of ether oxygens (including phenoxy) is 1. The predicted octanol–water partition coefficient (Wildman–Crippen LogP) is 5.24. The van der Waals surface area contributed by atoms with Crippen molar-refractivity contribution in [1.82, 2.24) is 10.2 Å². The molecule has 0 unspecified atom stereocenters. The van der Waals surface area contributed by atoms with Crippen LogP contribution in [0.15, 0.2) is 78.9 Å². The highest BCUT2D eigenvalue weighted by Crippen LogP contribution is 2.18. The van der Waals surface area contributed by atoms with E-state index in [4.69, 9.17) is 4.74 Å². The van der Waals surface area contributed by atoms with Crippen molar-refractivity contribution in [3.8, 4) is 5.75 Å². The average molecular weight is 473 g/mol. The summed E-state index contributed by atoms with van der Waals surface area (Å²) in [6, 6.07) is 24.8. The molecule has 2 atom stereocenters. The third-order valence-electron chi connectivity index (χ3n) is 6.06. The molecule has 5 nitrogen and oxygen atoms in total. The molecule has 0 aliphatic carbocycles. The van der Waals surface area contributed by atoms with Crippen molar-refractivity contribution < 1.29 is 14.3 Å². The fourth-order valence-corrected chi connectivity index (χ4v) is 3.94. The minimum Gasteiger partial charge on any atom is -0.484 e. The molecular formula is C30H36N2O3. The first-order chi connectivity index (χ1) is 16.9. The first-order valence-electron chi connectivity index (χ1n) is 12.2. The quantitative estimate of drug-likeness (QED) is 0.415. The monoisotopic (exact) mass is 472 g/mol. The Hall–Kier alpha value is -3.60. The van der Waals surface area contributed by atoms with Crippen LogP contribution in [-0.2, 0) is 22.6 Å². The largest absolute Gasteiger partial charge is 0.484 e. The molecular weight excluding hydrogens is 436 g/mol. The van der Waals surface area contributed by atoms with Gasteiger partial charge < -0.3 is 15.0 Å². The summed E-state index contributed by atoms with van der Waals surface area (Å²) >= 11 is 0. The lowest BCUT2D eigenvalue weighted by Gasteiger charge is -2.32. The van der Waals surface area contributed by atoms with E-state index >= 15 is 0 Å². The second-order valence-electron chi connectivity index (χ2n) is 9.14. The summed E-state index contributed by atoms with van der Waals surface area (Å²) in [5, 5.41) is 3.09. The number of hydrogen-bond acceptors (Lipinski definition) is 3. The van der Waals surface area contributed by atoms with E-state index in [0.717, 1.165) is 28.7 Å². The van der Waals surface area contributed by atoms with Crippen molar-refractivity contribution in [2.24, 2.45) is 0 Å². The van der Waals surface area contributed by atoms with Gasteiger partial charge in [-0.3, -0.25) is 9.59 Å². The number of benzene rings is 3. The molecule has 3 aromatic rings. The standard InChI is InChI=1S/C30H36N2O3/c1-5-24(4)31-30(34)28(19-25-13-7-6-8-14-25)32(20-26-15-9-11-22(2)17-26)29(33)21-35-27-16-10-12-23(3)18-27/h6-18,24,28H,5,19-21H2,1-4H3,(H,31,34)/t24-,28-/m1/s1. The number of rotatable bonds is 11. The Labute approximate surface area is 209 Å². The highest BCUT2D eigenvalue weighted by molar-refractivity contribution is 5.88. The Balaban J connectivity index is 1.91. The summed E-state index contributed by atoms with van der Waals surface area (Å²) in [6.07, 6.45) is 1.23. The highest BCUT2D eigenvalue weighted by Gasteiger charge is 2.31. The van der Waals surface area contributed by atoms with Crippen LogP contribution in [-0.4, -0.2) is 35.4 Å². The van der Waals surface area contributed by atoms with E-state index in [-0.39, 0.29) is 24.5 Å². The highest BCUT2D eigenvalue weighted by atomic mass is 16.5. The van der Waals surface area contributed by atoms with Crippen LogP contribution in [0.5, 0.6) is 5.75 Å². The Bertz CT molecular complexity index is 1110. The summed E-state index contributed by atoms with van der Waals surface area (Å²) in [5.41, 5.74) is 4.14. The summed E-state index contributed by atoms with van der Waals surface area (Å²) < 4.78 is 5.85. The number of carbonyl (C=O) groups is 2. The molecule has 0 fully saturated rings. The van der Waals surface area contributed by atoms with Crippen LogP contribution in [0.1, 0.15) is 42.5 Å². The lowest BCUT2D eigenvalue weighted by Crippen LogP contribution is -2.53. The lowest BCUT2D eigenvalue weighted by atomic mass is 10.0. The van der Waals surface area contributed by atoms with E-state index < -0.39 is 6.04 Å². The normalized spacial score (nSPS) is 12.5. The molecule has 1 N–H and O–H groups in total. The van der Waals surface area contributed by atoms with Crippen LogP contribution in [0, 0.1) is 13.8 Å². The Morgan fingerprint density at radius 2 is 1.54 bits per heavy atom. The van der Waals surface area contributed by atoms with Crippen LogP contribution in [0.25, 0.3) is 0 Å². The van der Waals surface area contributed by atoms with E-state index in [0.29, 0.717) is 18.7 Å². The first-order valence-corrected chi connectivity index (χ1v) is 12.2. The minimum absolute atomic E-state index is 0.0141. The molecule has 0 radical (unpaired) electrons. The zero-order valence-electron chi connectivity index (χ0n) is 21.2. The lowest BCUT2D eigenvalue weighted by molar-refractivity contribution is -0.143. The number of nitrogens with zero attached hydrogens (tertiary/aromatic N) is 1.